The average Bonchev–Trinajstić information content (AvgIpc) is 2.50. The van der Waals surface area contributed by atoms with Gasteiger partial charge in [-0.05, 0) is 54.4 Å². The van der Waals surface area contributed by atoms with Gasteiger partial charge < -0.3 is 14.2 Å². The minimum Gasteiger partial charge on any atom is -0.465 e. The summed E-state index contributed by atoms with van der Waals surface area (Å²) in [5.74, 6) is -0.723. The molecule has 0 heterocycles. The van der Waals surface area contributed by atoms with E-state index in [-0.39, 0.29) is 31.4 Å². The summed E-state index contributed by atoms with van der Waals surface area (Å²) in [5.41, 5.74) is -1.93. The summed E-state index contributed by atoms with van der Waals surface area (Å²) in [6, 6.07) is 0. The van der Waals surface area contributed by atoms with Crippen LogP contribution in [0.4, 0.5) is 0 Å². The molecule has 0 fully saturated rings. The van der Waals surface area contributed by atoms with Crippen LogP contribution >= 0.6 is 0 Å². The van der Waals surface area contributed by atoms with Gasteiger partial charge in [0.15, 0.2) is 0 Å². The highest BCUT2D eigenvalue weighted by atomic mass is 16.6. The van der Waals surface area contributed by atoms with E-state index in [1.54, 1.807) is 13.8 Å². The molecule has 0 bridgehead atoms. The summed E-state index contributed by atoms with van der Waals surface area (Å²) in [6.07, 6.45) is 1.48. The molecule has 0 saturated heterocycles. The smallest absolute Gasteiger partial charge is 0.317 e. The molecular weight excluding hydrogens is 296 g/mol. The Labute approximate surface area is 141 Å². The van der Waals surface area contributed by atoms with Gasteiger partial charge >= 0.3 is 11.9 Å². The second-order valence-corrected chi connectivity index (χ2v) is 7.50. The van der Waals surface area contributed by atoms with Crippen molar-refractivity contribution < 1.29 is 23.8 Å². The largest absolute Gasteiger partial charge is 0.465 e. The molecule has 5 nitrogen and oxygen atoms in total. The lowest BCUT2D eigenvalue weighted by atomic mass is 9.89. The SMILES string of the molecule is CCOC(=O)C(C)(COC(=O)C(C)(C)CC)COC(C)(C)CC. The van der Waals surface area contributed by atoms with Crippen molar-refractivity contribution in [3.8, 4) is 0 Å². The van der Waals surface area contributed by atoms with Crippen molar-refractivity contribution in [2.24, 2.45) is 10.8 Å². The standard InChI is InChI=1S/C18H34O5/c1-9-16(4,5)14(19)22-12-18(8,15(20)21-11-3)13-23-17(6,7)10-2/h9-13H2,1-8H3. The molecule has 0 N–H and O–H groups in total. The normalized spacial score (nSPS) is 15.0. The van der Waals surface area contributed by atoms with E-state index in [1.165, 1.54) is 0 Å². The Bertz CT molecular complexity index is 400. The zero-order chi connectivity index (χ0) is 18.3. The molecule has 0 spiro atoms. The van der Waals surface area contributed by atoms with Crippen molar-refractivity contribution in [3.05, 3.63) is 0 Å². The second-order valence-electron chi connectivity index (χ2n) is 7.50. The summed E-state index contributed by atoms with van der Waals surface area (Å²) < 4.78 is 16.4. The number of carbonyl (C=O) groups is 2. The van der Waals surface area contributed by atoms with E-state index in [9.17, 15) is 9.59 Å². The molecule has 0 aliphatic rings. The molecule has 23 heavy (non-hydrogen) atoms. The van der Waals surface area contributed by atoms with Gasteiger partial charge in [-0.1, -0.05) is 13.8 Å². The van der Waals surface area contributed by atoms with E-state index in [0.29, 0.717) is 6.42 Å². The first-order valence-electron chi connectivity index (χ1n) is 8.42. The fraction of sp³-hybridized carbons (Fsp3) is 0.889. The highest BCUT2D eigenvalue weighted by Gasteiger charge is 2.40. The zero-order valence-electron chi connectivity index (χ0n) is 16.1. The van der Waals surface area contributed by atoms with Gasteiger partial charge in [-0.25, -0.2) is 0 Å². The van der Waals surface area contributed by atoms with Crippen molar-refractivity contribution in [3.63, 3.8) is 0 Å². The third kappa shape index (κ3) is 6.90. The molecular formula is C18H34O5. The zero-order valence-corrected chi connectivity index (χ0v) is 16.1. The molecule has 0 amide bonds. The first kappa shape index (κ1) is 21.9. The number of esters is 2. The monoisotopic (exact) mass is 330 g/mol. The quantitative estimate of drug-likeness (QED) is 0.571. The van der Waals surface area contributed by atoms with Gasteiger partial charge in [0.2, 0.25) is 0 Å². The van der Waals surface area contributed by atoms with Crippen LogP contribution in [0.5, 0.6) is 0 Å². The molecule has 0 aliphatic heterocycles. The Hall–Kier alpha value is -1.10. The van der Waals surface area contributed by atoms with E-state index >= 15 is 0 Å². The topological polar surface area (TPSA) is 61.8 Å². The van der Waals surface area contributed by atoms with Crippen LogP contribution in [0, 0.1) is 10.8 Å². The van der Waals surface area contributed by atoms with Crippen LogP contribution in [0.2, 0.25) is 0 Å². The van der Waals surface area contributed by atoms with Crippen LogP contribution in [-0.2, 0) is 23.8 Å². The van der Waals surface area contributed by atoms with E-state index in [1.807, 2.05) is 41.5 Å². The number of ether oxygens (including phenoxy) is 3. The van der Waals surface area contributed by atoms with Crippen LogP contribution in [0.1, 0.15) is 68.2 Å². The van der Waals surface area contributed by atoms with E-state index < -0.39 is 16.8 Å². The highest BCUT2D eigenvalue weighted by molar-refractivity contribution is 5.79. The minimum absolute atomic E-state index is 0.0477. The maximum atomic E-state index is 12.3. The molecule has 1 unspecified atom stereocenters. The molecule has 136 valence electrons. The fourth-order valence-corrected chi connectivity index (χ4v) is 1.49. The average molecular weight is 330 g/mol. The first-order chi connectivity index (χ1) is 10.4. The van der Waals surface area contributed by atoms with Gasteiger partial charge in [-0.2, -0.15) is 0 Å². The van der Waals surface area contributed by atoms with Gasteiger partial charge in [0.25, 0.3) is 0 Å². The molecule has 0 aromatic rings. The molecule has 5 heteroatoms. The van der Waals surface area contributed by atoms with Gasteiger partial charge in [-0.3, -0.25) is 9.59 Å². The van der Waals surface area contributed by atoms with Crippen LogP contribution in [0.3, 0.4) is 0 Å². The number of rotatable bonds is 10. The second kappa shape index (κ2) is 8.67. The molecule has 1 atom stereocenters. The number of carbonyl (C=O) groups excluding carboxylic acids is 2. The van der Waals surface area contributed by atoms with E-state index in [2.05, 4.69) is 0 Å². The Balaban J connectivity index is 5.00. The van der Waals surface area contributed by atoms with Crippen molar-refractivity contribution in [2.45, 2.75) is 73.8 Å². The predicted molar refractivity (Wildman–Crippen MR) is 90.1 cm³/mol. The Morgan fingerprint density at radius 3 is 1.78 bits per heavy atom. The van der Waals surface area contributed by atoms with E-state index in [0.717, 1.165) is 6.42 Å². The number of hydrogen-bond acceptors (Lipinski definition) is 5. The van der Waals surface area contributed by atoms with Crippen molar-refractivity contribution in [1.29, 1.82) is 0 Å². The lowest BCUT2D eigenvalue weighted by molar-refractivity contribution is -0.175. The van der Waals surface area contributed by atoms with Crippen LogP contribution < -0.4 is 0 Å². The Kier molecular flexibility index (Phi) is 8.25. The van der Waals surface area contributed by atoms with Gasteiger partial charge in [0.05, 0.1) is 24.2 Å². The predicted octanol–water partition coefficient (Wildman–Crippen LogP) is 3.74. The third-order valence-corrected chi connectivity index (χ3v) is 4.36. The van der Waals surface area contributed by atoms with Gasteiger partial charge in [0.1, 0.15) is 12.0 Å². The summed E-state index contributed by atoms with van der Waals surface area (Å²) in [7, 11) is 0. The van der Waals surface area contributed by atoms with Crippen molar-refractivity contribution in [1.82, 2.24) is 0 Å². The summed E-state index contributed by atoms with van der Waals surface area (Å²) in [5, 5.41) is 0. The highest BCUT2D eigenvalue weighted by Crippen LogP contribution is 2.27. The molecule has 0 aliphatic carbocycles. The van der Waals surface area contributed by atoms with Crippen LogP contribution in [0.25, 0.3) is 0 Å². The van der Waals surface area contributed by atoms with Crippen molar-refractivity contribution >= 4 is 11.9 Å². The molecule has 0 saturated carbocycles. The van der Waals surface area contributed by atoms with Crippen molar-refractivity contribution in [2.75, 3.05) is 19.8 Å². The third-order valence-electron chi connectivity index (χ3n) is 4.36. The summed E-state index contributed by atoms with van der Waals surface area (Å²) >= 11 is 0. The maximum absolute atomic E-state index is 12.3. The molecule has 0 radical (unpaired) electrons. The number of hydrogen-bond donors (Lipinski definition) is 0. The first-order valence-corrected chi connectivity index (χ1v) is 8.42. The molecule has 0 aromatic heterocycles. The fourth-order valence-electron chi connectivity index (χ4n) is 1.49. The summed E-state index contributed by atoms with van der Waals surface area (Å²) in [6.45, 7) is 15.4. The molecule has 0 aromatic carbocycles. The van der Waals surface area contributed by atoms with E-state index in [4.69, 9.17) is 14.2 Å². The Morgan fingerprint density at radius 1 is 0.783 bits per heavy atom. The van der Waals surface area contributed by atoms with Gasteiger partial charge in [-0.15, -0.1) is 0 Å². The Morgan fingerprint density at radius 2 is 1.35 bits per heavy atom. The lowest BCUT2D eigenvalue weighted by Crippen LogP contribution is -2.43. The minimum atomic E-state index is -1.01. The maximum Gasteiger partial charge on any atom is 0.317 e. The van der Waals surface area contributed by atoms with Crippen LogP contribution in [-0.4, -0.2) is 37.4 Å². The summed E-state index contributed by atoms with van der Waals surface area (Å²) in [4.78, 5) is 24.5. The lowest BCUT2D eigenvalue weighted by Gasteiger charge is -2.32. The van der Waals surface area contributed by atoms with Gasteiger partial charge in [0, 0.05) is 0 Å². The van der Waals surface area contributed by atoms with Crippen LogP contribution in [0.15, 0.2) is 0 Å². The molecule has 0 rings (SSSR count).